The van der Waals surface area contributed by atoms with Crippen LogP contribution in [0.4, 0.5) is 13.2 Å². The predicted molar refractivity (Wildman–Crippen MR) is 73.3 cm³/mol. The van der Waals surface area contributed by atoms with Crippen molar-refractivity contribution in [2.45, 2.75) is 32.4 Å². The summed E-state index contributed by atoms with van der Waals surface area (Å²) >= 11 is 5.85. The van der Waals surface area contributed by atoms with Gasteiger partial charge in [0.15, 0.2) is 0 Å². The van der Waals surface area contributed by atoms with E-state index in [0.717, 1.165) is 0 Å². The first-order chi connectivity index (χ1) is 9.81. The second kappa shape index (κ2) is 6.22. The number of carbonyl (C=O) groups is 1. The number of aromatic nitrogens is 1. The number of aryl methyl sites for hydroxylation is 1. The van der Waals surface area contributed by atoms with E-state index >= 15 is 0 Å². The van der Waals surface area contributed by atoms with Crippen LogP contribution in [0.2, 0.25) is 5.15 Å². The van der Waals surface area contributed by atoms with E-state index in [4.69, 9.17) is 11.6 Å². The lowest BCUT2D eigenvalue weighted by Gasteiger charge is -2.33. The number of nitrogens with zero attached hydrogens (tertiary/aromatic N) is 2. The molecule has 1 aromatic heterocycles. The van der Waals surface area contributed by atoms with E-state index in [-0.39, 0.29) is 18.1 Å². The summed E-state index contributed by atoms with van der Waals surface area (Å²) in [6.45, 7) is 1.92. The van der Waals surface area contributed by atoms with Crippen molar-refractivity contribution in [1.29, 1.82) is 0 Å². The Bertz CT molecular complexity index is 533. The number of likely N-dealkylation sites (tertiary alicyclic amines) is 1. The number of pyridine rings is 1. The van der Waals surface area contributed by atoms with Gasteiger partial charge in [0.1, 0.15) is 5.15 Å². The van der Waals surface area contributed by atoms with Crippen LogP contribution < -0.4 is 0 Å². The fraction of sp³-hybridized carbons (Fsp3) is 0.571. The Morgan fingerprint density at radius 3 is 2.81 bits per heavy atom. The van der Waals surface area contributed by atoms with Crippen LogP contribution in [0.5, 0.6) is 0 Å². The standard InChI is InChI=1S/C14H16ClF3N2O/c1-2-11-6-9(7-12(15)19-11)13(21)20-5-3-4-10(8-20)14(16,17)18/h6-7,10H,2-5,8H2,1H3. The molecule has 1 fully saturated rings. The summed E-state index contributed by atoms with van der Waals surface area (Å²) in [5, 5.41) is 0.182. The number of hydrogen-bond acceptors (Lipinski definition) is 2. The normalized spacial score (nSPS) is 19.7. The number of piperidine rings is 1. The fourth-order valence-corrected chi connectivity index (χ4v) is 2.69. The number of hydrogen-bond donors (Lipinski definition) is 0. The lowest BCUT2D eigenvalue weighted by atomic mass is 9.97. The summed E-state index contributed by atoms with van der Waals surface area (Å²) < 4.78 is 38.4. The Balaban J connectivity index is 2.18. The molecule has 1 unspecified atom stereocenters. The number of alkyl halides is 3. The van der Waals surface area contributed by atoms with E-state index in [9.17, 15) is 18.0 Å². The van der Waals surface area contributed by atoms with Crippen LogP contribution in [-0.2, 0) is 6.42 Å². The molecule has 7 heteroatoms. The molecule has 1 atom stereocenters. The van der Waals surface area contributed by atoms with E-state index in [1.807, 2.05) is 6.92 Å². The van der Waals surface area contributed by atoms with E-state index in [1.54, 1.807) is 6.07 Å². The zero-order valence-corrected chi connectivity index (χ0v) is 12.3. The van der Waals surface area contributed by atoms with Crippen LogP contribution in [0.15, 0.2) is 12.1 Å². The SMILES string of the molecule is CCc1cc(C(=O)N2CCCC(C(F)(F)F)C2)cc(Cl)n1. The number of rotatable bonds is 2. The molecule has 116 valence electrons. The van der Waals surface area contributed by atoms with Crippen molar-refractivity contribution in [3.63, 3.8) is 0 Å². The molecule has 0 aromatic carbocycles. The average Bonchev–Trinajstić information content (AvgIpc) is 2.45. The summed E-state index contributed by atoms with van der Waals surface area (Å²) in [6.07, 6.45) is -3.23. The molecule has 0 aliphatic carbocycles. The van der Waals surface area contributed by atoms with Crippen molar-refractivity contribution < 1.29 is 18.0 Å². The van der Waals surface area contributed by atoms with Crippen molar-refractivity contribution in [3.8, 4) is 0 Å². The molecule has 0 saturated carbocycles. The Kier molecular flexibility index (Phi) is 4.76. The van der Waals surface area contributed by atoms with Gasteiger partial charge in [-0.1, -0.05) is 18.5 Å². The van der Waals surface area contributed by atoms with Gasteiger partial charge in [-0.3, -0.25) is 4.79 Å². The number of carbonyl (C=O) groups excluding carboxylic acids is 1. The van der Waals surface area contributed by atoms with Gasteiger partial charge in [0, 0.05) is 24.3 Å². The van der Waals surface area contributed by atoms with E-state index in [1.165, 1.54) is 11.0 Å². The summed E-state index contributed by atoms with van der Waals surface area (Å²) in [4.78, 5) is 17.7. The van der Waals surface area contributed by atoms with Gasteiger partial charge in [0.05, 0.1) is 5.92 Å². The molecule has 1 aromatic rings. The maximum absolute atomic E-state index is 12.8. The minimum Gasteiger partial charge on any atom is -0.338 e. The highest BCUT2D eigenvalue weighted by Crippen LogP contribution is 2.33. The molecule has 0 spiro atoms. The first-order valence-electron chi connectivity index (χ1n) is 6.83. The number of halogens is 4. The molecule has 2 rings (SSSR count). The molecule has 0 radical (unpaired) electrons. The summed E-state index contributed by atoms with van der Waals surface area (Å²) in [7, 11) is 0. The van der Waals surface area contributed by atoms with Gasteiger partial charge in [-0.05, 0) is 31.4 Å². The van der Waals surface area contributed by atoms with Gasteiger partial charge < -0.3 is 4.90 Å². The molecule has 1 aliphatic heterocycles. The van der Waals surface area contributed by atoms with Gasteiger partial charge >= 0.3 is 6.18 Å². The quantitative estimate of drug-likeness (QED) is 0.778. The number of amides is 1. The topological polar surface area (TPSA) is 33.2 Å². The largest absolute Gasteiger partial charge is 0.393 e. The van der Waals surface area contributed by atoms with Crippen LogP contribution in [-0.4, -0.2) is 35.1 Å². The lowest BCUT2D eigenvalue weighted by molar-refractivity contribution is -0.184. The Morgan fingerprint density at radius 2 is 2.19 bits per heavy atom. The minimum atomic E-state index is -4.26. The van der Waals surface area contributed by atoms with Crippen molar-refractivity contribution in [1.82, 2.24) is 9.88 Å². The molecule has 0 N–H and O–H groups in total. The lowest BCUT2D eigenvalue weighted by Crippen LogP contribution is -2.44. The van der Waals surface area contributed by atoms with E-state index < -0.39 is 18.0 Å². The summed E-state index contributed by atoms with van der Waals surface area (Å²) in [6, 6.07) is 2.99. The van der Waals surface area contributed by atoms with Crippen LogP contribution in [0.25, 0.3) is 0 Å². The van der Waals surface area contributed by atoms with Crippen molar-refractivity contribution in [2.75, 3.05) is 13.1 Å². The van der Waals surface area contributed by atoms with Crippen LogP contribution in [0, 0.1) is 5.92 Å². The molecule has 1 saturated heterocycles. The van der Waals surface area contributed by atoms with Crippen LogP contribution >= 0.6 is 11.6 Å². The molecule has 1 aliphatic rings. The Labute approximate surface area is 126 Å². The Morgan fingerprint density at radius 1 is 1.48 bits per heavy atom. The minimum absolute atomic E-state index is 0.0740. The van der Waals surface area contributed by atoms with Gasteiger partial charge in [0.2, 0.25) is 0 Å². The monoisotopic (exact) mass is 320 g/mol. The van der Waals surface area contributed by atoms with E-state index in [2.05, 4.69) is 4.98 Å². The van der Waals surface area contributed by atoms with Gasteiger partial charge in [0.25, 0.3) is 5.91 Å². The third kappa shape index (κ3) is 3.87. The zero-order chi connectivity index (χ0) is 15.6. The second-order valence-corrected chi connectivity index (χ2v) is 5.54. The first-order valence-corrected chi connectivity index (χ1v) is 7.21. The van der Waals surface area contributed by atoms with Gasteiger partial charge in [-0.25, -0.2) is 4.98 Å². The highest BCUT2D eigenvalue weighted by molar-refractivity contribution is 6.29. The second-order valence-electron chi connectivity index (χ2n) is 5.16. The van der Waals surface area contributed by atoms with Crippen molar-refractivity contribution in [3.05, 3.63) is 28.5 Å². The zero-order valence-electron chi connectivity index (χ0n) is 11.6. The van der Waals surface area contributed by atoms with E-state index in [0.29, 0.717) is 30.6 Å². The van der Waals surface area contributed by atoms with Crippen LogP contribution in [0.3, 0.4) is 0 Å². The predicted octanol–water partition coefficient (Wildman–Crippen LogP) is 3.71. The Hall–Kier alpha value is -1.30. The molecule has 1 amide bonds. The van der Waals surface area contributed by atoms with Crippen LogP contribution in [0.1, 0.15) is 35.8 Å². The maximum atomic E-state index is 12.8. The third-order valence-electron chi connectivity index (χ3n) is 3.63. The fourth-order valence-electron chi connectivity index (χ4n) is 2.47. The molecular weight excluding hydrogens is 305 g/mol. The maximum Gasteiger partial charge on any atom is 0.393 e. The highest BCUT2D eigenvalue weighted by Gasteiger charge is 2.42. The molecule has 21 heavy (non-hydrogen) atoms. The van der Waals surface area contributed by atoms with Gasteiger partial charge in [-0.2, -0.15) is 13.2 Å². The highest BCUT2D eigenvalue weighted by atomic mass is 35.5. The smallest absolute Gasteiger partial charge is 0.338 e. The summed E-state index contributed by atoms with van der Waals surface area (Å²) in [5.74, 6) is -1.86. The average molecular weight is 321 g/mol. The van der Waals surface area contributed by atoms with Gasteiger partial charge in [-0.15, -0.1) is 0 Å². The third-order valence-corrected chi connectivity index (χ3v) is 3.82. The van der Waals surface area contributed by atoms with Crippen molar-refractivity contribution >= 4 is 17.5 Å². The molecule has 0 bridgehead atoms. The molecular formula is C14H16ClF3N2O. The molecule has 3 nitrogen and oxygen atoms in total. The van der Waals surface area contributed by atoms with Crippen molar-refractivity contribution in [2.24, 2.45) is 5.92 Å². The first kappa shape index (κ1) is 16.1. The summed E-state index contributed by atoms with van der Waals surface area (Å²) in [5.41, 5.74) is 0.949. The molecule has 2 heterocycles.